The molecule has 0 amide bonds. The summed E-state index contributed by atoms with van der Waals surface area (Å²) >= 11 is 0. The average molecular weight is 200 g/mol. The van der Waals surface area contributed by atoms with Crippen molar-refractivity contribution in [3.63, 3.8) is 0 Å². The van der Waals surface area contributed by atoms with Gasteiger partial charge in [-0.1, -0.05) is 0 Å². The van der Waals surface area contributed by atoms with E-state index in [1.165, 1.54) is 19.3 Å². The molecular formula is C11H20O3. The lowest BCUT2D eigenvalue weighted by Crippen LogP contribution is -2.22. The molecule has 1 saturated carbocycles. The molecule has 2 fully saturated rings. The third-order valence-corrected chi connectivity index (χ3v) is 3.23. The summed E-state index contributed by atoms with van der Waals surface area (Å²) in [5.41, 5.74) is 0. The van der Waals surface area contributed by atoms with E-state index in [0.29, 0.717) is 18.4 Å². The fourth-order valence-corrected chi connectivity index (χ4v) is 2.08. The number of ether oxygens (including phenoxy) is 2. The number of aliphatic hydroxyl groups excluding tert-OH is 1. The van der Waals surface area contributed by atoms with Gasteiger partial charge in [-0.15, -0.1) is 0 Å². The van der Waals surface area contributed by atoms with Crippen molar-refractivity contribution in [3.05, 3.63) is 0 Å². The molecule has 1 N–H and O–H groups in total. The molecule has 3 nitrogen and oxygen atoms in total. The lowest BCUT2D eigenvalue weighted by atomic mass is 10.2. The third kappa shape index (κ3) is 2.94. The molecule has 1 aliphatic carbocycles. The third-order valence-electron chi connectivity index (χ3n) is 3.23. The summed E-state index contributed by atoms with van der Waals surface area (Å²) in [5.74, 6) is 1.27. The Balaban J connectivity index is 1.50. The van der Waals surface area contributed by atoms with E-state index in [-0.39, 0.29) is 6.29 Å². The van der Waals surface area contributed by atoms with E-state index in [0.717, 1.165) is 26.1 Å². The van der Waals surface area contributed by atoms with Crippen molar-refractivity contribution in [2.24, 2.45) is 11.8 Å². The molecule has 3 atom stereocenters. The van der Waals surface area contributed by atoms with Crippen molar-refractivity contribution >= 4 is 0 Å². The quantitative estimate of drug-likeness (QED) is 0.731. The Kier molecular flexibility index (Phi) is 3.79. The van der Waals surface area contributed by atoms with Crippen LogP contribution in [0.15, 0.2) is 0 Å². The largest absolute Gasteiger partial charge is 0.396 e. The van der Waals surface area contributed by atoms with Gasteiger partial charge in [-0.25, -0.2) is 0 Å². The molecule has 0 spiro atoms. The molecule has 1 aliphatic heterocycles. The van der Waals surface area contributed by atoms with Crippen molar-refractivity contribution in [2.75, 3.05) is 19.8 Å². The van der Waals surface area contributed by atoms with Crippen LogP contribution in [-0.4, -0.2) is 31.2 Å². The highest BCUT2D eigenvalue weighted by Gasteiger charge is 2.35. The Labute approximate surface area is 85.4 Å². The molecule has 1 heterocycles. The Morgan fingerprint density at radius 3 is 2.86 bits per heavy atom. The van der Waals surface area contributed by atoms with Crippen LogP contribution in [0.25, 0.3) is 0 Å². The molecular weight excluding hydrogens is 180 g/mol. The molecule has 0 aromatic rings. The van der Waals surface area contributed by atoms with Crippen molar-refractivity contribution in [1.82, 2.24) is 0 Å². The number of hydrogen-bond acceptors (Lipinski definition) is 3. The Bertz CT molecular complexity index is 166. The highest BCUT2D eigenvalue weighted by molar-refractivity contribution is 4.85. The van der Waals surface area contributed by atoms with Gasteiger partial charge in [0.15, 0.2) is 6.29 Å². The fraction of sp³-hybridized carbons (Fsp3) is 1.00. The molecule has 2 unspecified atom stereocenters. The Morgan fingerprint density at radius 2 is 2.21 bits per heavy atom. The first-order chi connectivity index (χ1) is 6.90. The minimum atomic E-state index is 0.0510. The highest BCUT2D eigenvalue weighted by atomic mass is 16.7. The van der Waals surface area contributed by atoms with Crippen LogP contribution in [0.4, 0.5) is 0 Å². The van der Waals surface area contributed by atoms with Crippen LogP contribution in [0.1, 0.15) is 32.1 Å². The normalized spacial score (nSPS) is 37.1. The maximum atomic E-state index is 8.86. The highest BCUT2D eigenvalue weighted by Crippen LogP contribution is 2.40. The standard InChI is InChI=1S/C11H20O3/c12-8-10-7-9(10)4-6-14-11-3-1-2-5-13-11/h9-12H,1-8H2/t9-,10?,11?/m1/s1. The second kappa shape index (κ2) is 5.10. The Hall–Kier alpha value is -0.120. The van der Waals surface area contributed by atoms with Crippen molar-refractivity contribution in [3.8, 4) is 0 Å². The average Bonchev–Trinajstić information content (AvgIpc) is 2.98. The molecule has 1 saturated heterocycles. The summed E-state index contributed by atoms with van der Waals surface area (Å²) < 4.78 is 11.1. The molecule has 0 radical (unpaired) electrons. The van der Waals surface area contributed by atoms with E-state index in [9.17, 15) is 0 Å². The smallest absolute Gasteiger partial charge is 0.157 e. The summed E-state index contributed by atoms with van der Waals surface area (Å²) in [5, 5.41) is 8.86. The topological polar surface area (TPSA) is 38.7 Å². The zero-order valence-electron chi connectivity index (χ0n) is 8.65. The maximum Gasteiger partial charge on any atom is 0.157 e. The monoisotopic (exact) mass is 200 g/mol. The molecule has 3 heteroatoms. The molecule has 14 heavy (non-hydrogen) atoms. The zero-order valence-corrected chi connectivity index (χ0v) is 8.65. The predicted molar refractivity (Wildman–Crippen MR) is 52.8 cm³/mol. The van der Waals surface area contributed by atoms with Gasteiger partial charge in [0, 0.05) is 13.2 Å². The Morgan fingerprint density at radius 1 is 1.29 bits per heavy atom. The van der Waals surface area contributed by atoms with Crippen LogP contribution >= 0.6 is 0 Å². The molecule has 82 valence electrons. The van der Waals surface area contributed by atoms with E-state index in [1.807, 2.05) is 0 Å². The van der Waals surface area contributed by atoms with Gasteiger partial charge in [-0.2, -0.15) is 0 Å². The van der Waals surface area contributed by atoms with Gasteiger partial charge in [0.25, 0.3) is 0 Å². The van der Waals surface area contributed by atoms with Crippen molar-refractivity contribution in [2.45, 2.75) is 38.4 Å². The molecule has 0 aromatic carbocycles. The maximum absolute atomic E-state index is 8.86. The van der Waals surface area contributed by atoms with Crippen molar-refractivity contribution in [1.29, 1.82) is 0 Å². The number of rotatable bonds is 5. The van der Waals surface area contributed by atoms with Gasteiger partial charge < -0.3 is 14.6 Å². The molecule has 0 aromatic heterocycles. The summed E-state index contributed by atoms with van der Waals surface area (Å²) in [7, 11) is 0. The summed E-state index contributed by atoms with van der Waals surface area (Å²) in [6.07, 6.45) is 5.78. The van der Waals surface area contributed by atoms with E-state index >= 15 is 0 Å². The van der Waals surface area contributed by atoms with Crippen LogP contribution in [0, 0.1) is 11.8 Å². The van der Waals surface area contributed by atoms with Crippen molar-refractivity contribution < 1.29 is 14.6 Å². The second-order valence-corrected chi connectivity index (χ2v) is 4.39. The van der Waals surface area contributed by atoms with Crippen LogP contribution in [0.2, 0.25) is 0 Å². The summed E-state index contributed by atoms with van der Waals surface area (Å²) in [4.78, 5) is 0. The summed E-state index contributed by atoms with van der Waals surface area (Å²) in [6, 6.07) is 0. The number of hydrogen-bond donors (Lipinski definition) is 1. The van der Waals surface area contributed by atoms with E-state index in [2.05, 4.69) is 0 Å². The van der Waals surface area contributed by atoms with E-state index in [4.69, 9.17) is 14.6 Å². The van der Waals surface area contributed by atoms with Crippen LogP contribution in [0.3, 0.4) is 0 Å². The minimum Gasteiger partial charge on any atom is -0.396 e. The lowest BCUT2D eigenvalue weighted by molar-refractivity contribution is -0.163. The van der Waals surface area contributed by atoms with Gasteiger partial charge >= 0.3 is 0 Å². The van der Waals surface area contributed by atoms with Gasteiger partial charge in [-0.05, 0) is 43.9 Å². The molecule has 2 rings (SSSR count). The SMILES string of the molecule is OCC1C[C@H]1CCOC1CCCCO1. The molecule has 0 bridgehead atoms. The minimum absolute atomic E-state index is 0.0510. The van der Waals surface area contributed by atoms with Gasteiger partial charge in [-0.3, -0.25) is 0 Å². The first kappa shape index (κ1) is 10.4. The first-order valence-electron chi connectivity index (χ1n) is 5.74. The van der Waals surface area contributed by atoms with Gasteiger partial charge in [0.05, 0.1) is 6.61 Å². The predicted octanol–water partition coefficient (Wildman–Crippen LogP) is 1.55. The zero-order chi connectivity index (χ0) is 9.80. The van der Waals surface area contributed by atoms with Gasteiger partial charge in [0.1, 0.15) is 0 Å². The fourth-order valence-electron chi connectivity index (χ4n) is 2.08. The van der Waals surface area contributed by atoms with Crippen LogP contribution < -0.4 is 0 Å². The molecule has 2 aliphatic rings. The van der Waals surface area contributed by atoms with Crippen LogP contribution in [-0.2, 0) is 9.47 Å². The second-order valence-electron chi connectivity index (χ2n) is 4.39. The van der Waals surface area contributed by atoms with Crippen LogP contribution in [0.5, 0.6) is 0 Å². The van der Waals surface area contributed by atoms with E-state index < -0.39 is 0 Å². The lowest BCUT2D eigenvalue weighted by Gasteiger charge is -2.22. The first-order valence-corrected chi connectivity index (χ1v) is 5.74. The number of aliphatic hydroxyl groups is 1. The summed E-state index contributed by atoms with van der Waals surface area (Å²) in [6.45, 7) is 2.00. The van der Waals surface area contributed by atoms with E-state index in [1.54, 1.807) is 0 Å². The van der Waals surface area contributed by atoms with Gasteiger partial charge in [0.2, 0.25) is 0 Å².